The molecule has 0 aliphatic heterocycles. The fourth-order valence-corrected chi connectivity index (χ4v) is 1.54. The minimum atomic E-state index is -4.70. The predicted molar refractivity (Wildman–Crippen MR) is 52.0 cm³/mol. The molecule has 1 nitrogen and oxygen atoms in total. The molecule has 6 heteroatoms. The monoisotopic (exact) mass is 242 g/mol. The van der Waals surface area contributed by atoms with Gasteiger partial charge in [0.25, 0.3) is 0 Å². The highest BCUT2D eigenvalue weighted by Gasteiger charge is 2.32. The third-order valence-corrected chi connectivity index (χ3v) is 2.65. The largest absolute Gasteiger partial charge is 0.573 e. The van der Waals surface area contributed by atoms with E-state index >= 15 is 0 Å². The Labute approximate surface area is 86.0 Å². The van der Waals surface area contributed by atoms with Crippen molar-refractivity contribution in [3.05, 3.63) is 23.2 Å². The smallest absolute Gasteiger partial charge is 0.404 e. The van der Waals surface area contributed by atoms with Crippen LogP contribution in [0, 0.1) is 0 Å². The molecule has 1 unspecified atom stereocenters. The van der Waals surface area contributed by atoms with E-state index in [0.717, 1.165) is 5.30 Å². The predicted octanol–water partition coefficient (Wildman–Crippen LogP) is 3.17. The maximum Gasteiger partial charge on any atom is 0.573 e. The maximum atomic E-state index is 11.9. The van der Waals surface area contributed by atoms with E-state index in [2.05, 4.69) is 4.74 Å². The van der Waals surface area contributed by atoms with E-state index in [1.54, 1.807) is 6.07 Å². The molecule has 0 aromatic heterocycles. The summed E-state index contributed by atoms with van der Waals surface area (Å²) in [6, 6.07) is 4.37. The minimum Gasteiger partial charge on any atom is -0.404 e. The number of alkyl halides is 3. The normalized spacial score (nSPS) is 12.4. The van der Waals surface area contributed by atoms with Crippen LogP contribution in [0.2, 0.25) is 5.02 Å². The van der Waals surface area contributed by atoms with Crippen molar-refractivity contribution in [2.24, 2.45) is 0 Å². The number of hydrogen-bond donors (Lipinski definition) is 0. The highest BCUT2D eigenvalue weighted by molar-refractivity contribution is 7.46. The second-order valence-electron chi connectivity index (χ2n) is 2.44. The van der Waals surface area contributed by atoms with Crippen molar-refractivity contribution in [2.75, 3.05) is 6.66 Å². The van der Waals surface area contributed by atoms with Crippen molar-refractivity contribution in [1.82, 2.24) is 0 Å². The topological polar surface area (TPSA) is 9.23 Å². The molecule has 14 heavy (non-hydrogen) atoms. The molecule has 1 atom stereocenters. The molecule has 78 valence electrons. The maximum absolute atomic E-state index is 11.9. The van der Waals surface area contributed by atoms with Crippen molar-refractivity contribution in [3.8, 4) is 5.75 Å². The highest BCUT2D eigenvalue weighted by Crippen LogP contribution is 2.29. The first kappa shape index (κ1) is 11.6. The van der Waals surface area contributed by atoms with Gasteiger partial charge in [0.05, 0.1) is 5.02 Å². The number of rotatable bonds is 2. The van der Waals surface area contributed by atoms with Crippen LogP contribution in [0.3, 0.4) is 0 Å². The first-order valence-electron chi connectivity index (χ1n) is 3.65. The lowest BCUT2D eigenvalue weighted by molar-refractivity contribution is -0.274. The van der Waals surface area contributed by atoms with Crippen LogP contribution in [-0.4, -0.2) is 13.0 Å². The van der Waals surface area contributed by atoms with Gasteiger partial charge in [-0.05, 0) is 24.1 Å². The second kappa shape index (κ2) is 4.37. The molecule has 0 bridgehead atoms. The van der Waals surface area contributed by atoms with Crippen LogP contribution < -0.4 is 10.0 Å². The van der Waals surface area contributed by atoms with Gasteiger partial charge in [0.15, 0.2) is 0 Å². The average molecular weight is 243 g/mol. The van der Waals surface area contributed by atoms with Gasteiger partial charge in [-0.25, -0.2) is 0 Å². The average Bonchev–Trinajstić information content (AvgIpc) is 2.06. The SMILES string of the molecule is CPc1ccc(Cl)c(OC(F)(F)F)c1. The third kappa shape index (κ3) is 3.35. The van der Waals surface area contributed by atoms with Crippen molar-refractivity contribution in [2.45, 2.75) is 6.36 Å². The summed E-state index contributed by atoms with van der Waals surface area (Å²) in [5.74, 6) is -0.342. The van der Waals surface area contributed by atoms with Gasteiger partial charge >= 0.3 is 6.36 Å². The van der Waals surface area contributed by atoms with E-state index in [1.165, 1.54) is 12.1 Å². The molecule has 1 aromatic rings. The van der Waals surface area contributed by atoms with Gasteiger partial charge in [0.1, 0.15) is 5.75 Å². The second-order valence-corrected chi connectivity index (χ2v) is 3.93. The minimum absolute atomic E-state index is 0.0377. The van der Waals surface area contributed by atoms with Gasteiger partial charge in [0, 0.05) is 0 Å². The number of halogens is 4. The van der Waals surface area contributed by atoms with E-state index in [0.29, 0.717) is 8.58 Å². The molecule has 0 saturated carbocycles. The molecule has 0 N–H and O–H groups in total. The molecule has 0 fully saturated rings. The fraction of sp³-hybridized carbons (Fsp3) is 0.250. The Kier molecular flexibility index (Phi) is 3.62. The van der Waals surface area contributed by atoms with Gasteiger partial charge in [-0.15, -0.1) is 13.2 Å². The van der Waals surface area contributed by atoms with E-state index in [9.17, 15) is 13.2 Å². The van der Waals surface area contributed by atoms with E-state index in [1.807, 2.05) is 6.66 Å². The van der Waals surface area contributed by atoms with Gasteiger partial charge in [0.2, 0.25) is 0 Å². The molecular formula is C8H7ClF3OP. The summed E-state index contributed by atoms with van der Waals surface area (Å²) in [6.07, 6.45) is -4.70. The van der Waals surface area contributed by atoms with Crippen LogP contribution in [0.5, 0.6) is 5.75 Å². The van der Waals surface area contributed by atoms with E-state index in [-0.39, 0.29) is 10.8 Å². The third-order valence-electron chi connectivity index (χ3n) is 1.45. The van der Waals surface area contributed by atoms with Crippen LogP contribution in [0.25, 0.3) is 0 Å². The van der Waals surface area contributed by atoms with Crippen LogP contribution in [0.15, 0.2) is 18.2 Å². The molecule has 0 heterocycles. The summed E-state index contributed by atoms with van der Waals surface area (Å²) in [5.41, 5.74) is 0. The number of benzene rings is 1. The molecule has 1 aromatic carbocycles. The zero-order valence-corrected chi connectivity index (χ0v) is 8.91. The van der Waals surface area contributed by atoms with Gasteiger partial charge < -0.3 is 4.74 Å². The first-order chi connectivity index (χ1) is 6.42. The fourth-order valence-electron chi connectivity index (χ4n) is 0.862. The molecular weight excluding hydrogens is 236 g/mol. The van der Waals surface area contributed by atoms with Crippen LogP contribution in [-0.2, 0) is 0 Å². The standard InChI is InChI=1S/C8H7ClF3OP/c1-14-5-2-3-6(9)7(4-5)13-8(10,11)12/h2-4,14H,1H3. The zero-order chi connectivity index (χ0) is 10.8. The van der Waals surface area contributed by atoms with E-state index < -0.39 is 6.36 Å². The van der Waals surface area contributed by atoms with Gasteiger partial charge in [-0.1, -0.05) is 26.2 Å². The lowest BCUT2D eigenvalue weighted by atomic mass is 10.3. The number of hydrogen-bond acceptors (Lipinski definition) is 1. The van der Waals surface area contributed by atoms with Crippen LogP contribution in [0.4, 0.5) is 13.2 Å². The molecule has 1 rings (SSSR count). The first-order valence-corrected chi connectivity index (χ1v) is 5.53. The Morgan fingerprint density at radius 2 is 2.00 bits per heavy atom. The highest BCUT2D eigenvalue weighted by atomic mass is 35.5. The molecule has 0 saturated heterocycles. The summed E-state index contributed by atoms with van der Waals surface area (Å²) in [5, 5.41) is 0.734. The van der Waals surface area contributed by atoms with Crippen LogP contribution in [0.1, 0.15) is 0 Å². The Morgan fingerprint density at radius 3 is 2.50 bits per heavy atom. The van der Waals surface area contributed by atoms with Crippen molar-refractivity contribution in [3.63, 3.8) is 0 Å². The summed E-state index contributed by atoms with van der Waals surface area (Å²) in [4.78, 5) is 0. The van der Waals surface area contributed by atoms with Crippen molar-refractivity contribution < 1.29 is 17.9 Å². The Bertz CT molecular complexity index is 327. The van der Waals surface area contributed by atoms with Crippen LogP contribution >= 0.6 is 20.2 Å². The van der Waals surface area contributed by atoms with Gasteiger partial charge in [-0.3, -0.25) is 0 Å². The Hall–Kier alpha value is -0.470. The summed E-state index contributed by atoms with van der Waals surface area (Å²) in [6.45, 7) is 1.86. The van der Waals surface area contributed by atoms with E-state index in [4.69, 9.17) is 11.6 Å². The lowest BCUT2D eigenvalue weighted by Gasteiger charge is -2.11. The molecule has 0 aliphatic rings. The molecule has 0 amide bonds. The lowest BCUT2D eigenvalue weighted by Crippen LogP contribution is -2.18. The number of ether oxygens (including phenoxy) is 1. The molecule has 0 radical (unpaired) electrons. The summed E-state index contributed by atoms with van der Waals surface area (Å²) in [7, 11) is 0.403. The van der Waals surface area contributed by atoms with Gasteiger partial charge in [-0.2, -0.15) is 0 Å². The molecule has 0 spiro atoms. The quantitative estimate of drug-likeness (QED) is 0.724. The van der Waals surface area contributed by atoms with Crippen molar-refractivity contribution in [1.29, 1.82) is 0 Å². The summed E-state index contributed by atoms with van der Waals surface area (Å²) < 4.78 is 39.4. The Morgan fingerprint density at radius 1 is 1.36 bits per heavy atom. The molecule has 0 aliphatic carbocycles. The zero-order valence-electron chi connectivity index (χ0n) is 7.15. The Balaban J connectivity index is 2.95. The summed E-state index contributed by atoms with van der Waals surface area (Å²) >= 11 is 5.54. The van der Waals surface area contributed by atoms with Crippen molar-refractivity contribution >= 4 is 25.5 Å².